The zero-order chi connectivity index (χ0) is 12.3. The molecule has 0 saturated carbocycles. The predicted molar refractivity (Wildman–Crippen MR) is 76.1 cm³/mol. The van der Waals surface area contributed by atoms with Gasteiger partial charge in [-0.05, 0) is 58.1 Å². The molecule has 0 aromatic heterocycles. The highest BCUT2D eigenvalue weighted by molar-refractivity contribution is 5.82. The van der Waals surface area contributed by atoms with Crippen molar-refractivity contribution in [1.82, 2.24) is 0 Å². The van der Waals surface area contributed by atoms with Gasteiger partial charge >= 0.3 is 0 Å². The minimum absolute atomic E-state index is 0.663. The number of benzene rings is 2. The van der Waals surface area contributed by atoms with Crippen molar-refractivity contribution in [2.45, 2.75) is 38.5 Å². The molecular formula is C18H18. The maximum Gasteiger partial charge on any atom is -0.0111 e. The highest BCUT2D eigenvalue weighted by atomic mass is 14.3. The first-order chi connectivity index (χ1) is 8.75. The van der Waals surface area contributed by atoms with E-state index in [1.165, 1.54) is 12.8 Å². The Kier molecular flexibility index (Phi) is 2.00. The fraction of sp³-hybridized carbons (Fsp3) is 0.333. The van der Waals surface area contributed by atoms with E-state index in [1.54, 1.807) is 33.4 Å². The van der Waals surface area contributed by atoms with Gasteiger partial charge < -0.3 is 0 Å². The summed E-state index contributed by atoms with van der Waals surface area (Å²) in [5, 5.41) is 0. The molecule has 2 aromatic carbocycles. The lowest BCUT2D eigenvalue weighted by atomic mass is 9.70. The van der Waals surface area contributed by atoms with Gasteiger partial charge in [-0.3, -0.25) is 0 Å². The molecule has 0 N–H and O–H groups in total. The van der Waals surface area contributed by atoms with Crippen LogP contribution in [-0.2, 0) is 12.8 Å². The van der Waals surface area contributed by atoms with Crippen LogP contribution in [0.3, 0.4) is 0 Å². The third kappa shape index (κ3) is 1.21. The van der Waals surface area contributed by atoms with E-state index < -0.39 is 0 Å². The van der Waals surface area contributed by atoms with Gasteiger partial charge in [0.05, 0.1) is 0 Å². The first-order valence-electron chi connectivity index (χ1n) is 6.99. The molecule has 0 aliphatic heterocycles. The Morgan fingerprint density at radius 3 is 1.61 bits per heavy atom. The quantitative estimate of drug-likeness (QED) is 0.621. The summed E-state index contributed by atoms with van der Waals surface area (Å²) in [4.78, 5) is 0. The molecule has 2 unspecified atom stereocenters. The van der Waals surface area contributed by atoms with Crippen LogP contribution in [0.25, 0.3) is 11.1 Å². The van der Waals surface area contributed by atoms with Gasteiger partial charge in [-0.1, -0.05) is 50.2 Å². The zero-order valence-corrected chi connectivity index (χ0v) is 11.0. The fourth-order valence-corrected chi connectivity index (χ4v) is 3.89. The molecular weight excluding hydrogens is 216 g/mol. The van der Waals surface area contributed by atoms with Crippen LogP contribution in [0.4, 0.5) is 0 Å². The van der Waals surface area contributed by atoms with Gasteiger partial charge in [0.15, 0.2) is 0 Å². The highest BCUT2D eigenvalue weighted by Crippen LogP contribution is 2.48. The molecule has 0 amide bonds. The van der Waals surface area contributed by atoms with E-state index >= 15 is 0 Å². The largest absolute Gasteiger partial charge is 0.0617 e. The summed E-state index contributed by atoms with van der Waals surface area (Å²) < 4.78 is 0. The third-order valence-corrected chi connectivity index (χ3v) is 4.73. The lowest BCUT2D eigenvalue weighted by Crippen LogP contribution is -2.17. The Bertz CT molecular complexity index is 579. The summed E-state index contributed by atoms with van der Waals surface area (Å²) in [5.41, 5.74) is 9.40. The van der Waals surface area contributed by atoms with Gasteiger partial charge in [-0.2, -0.15) is 0 Å². The van der Waals surface area contributed by atoms with Crippen molar-refractivity contribution in [1.29, 1.82) is 0 Å². The number of hydrogen-bond acceptors (Lipinski definition) is 0. The molecule has 2 aliphatic rings. The molecule has 2 aliphatic carbocycles. The average molecular weight is 234 g/mol. The average Bonchev–Trinajstić information content (AvgIpc) is 2.38. The van der Waals surface area contributed by atoms with Gasteiger partial charge in [0, 0.05) is 0 Å². The summed E-state index contributed by atoms with van der Waals surface area (Å²) in [5.74, 6) is 1.33. The Morgan fingerprint density at radius 2 is 1.17 bits per heavy atom. The van der Waals surface area contributed by atoms with Crippen LogP contribution in [0.15, 0.2) is 36.4 Å². The standard InChI is InChI=1S/C18H18/c1-11-9-13-5-4-8-16-12(2)10-14-6-3-7-15(11)17(14)18(13)16/h3-8,11-12H,9-10H2,1-2H3. The summed E-state index contributed by atoms with van der Waals surface area (Å²) in [6.45, 7) is 4.73. The summed E-state index contributed by atoms with van der Waals surface area (Å²) in [6.07, 6.45) is 2.40. The lowest BCUT2D eigenvalue weighted by Gasteiger charge is -2.34. The monoisotopic (exact) mass is 234 g/mol. The Balaban J connectivity index is 2.14. The molecule has 90 valence electrons. The van der Waals surface area contributed by atoms with Crippen molar-refractivity contribution >= 4 is 0 Å². The van der Waals surface area contributed by atoms with E-state index in [4.69, 9.17) is 0 Å². The van der Waals surface area contributed by atoms with Crippen molar-refractivity contribution in [2.75, 3.05) is 0 Å². The minimum atomic E-state index is 0.663. The molecule has 0 heteroatoms. The van der Waals surface area contributed by atoms with E-state index in [0.29, 0.717) is 11.8 Å². The van der Waals surface area contributed by atoms with Gasteiger partial charge in [-0.25, -0.2) is 0 Å². The van der Waals surface area contributed by atoms with Gasteiger partial charge in [-0.15, -0.1) is 0 Å². The van der Waals surface area contributed by atoms with Crippen LogP contribution in [-0.4, -0.2) is 0 Å². The van der Waals surface area contributed by atoms with Gasteiger partial charge in [0.1, 0.15) is 0 Å². The molecule has 4 rings (SSSR count). The molecule has 18 heavy (non-hydrogen) atoms. The molecule has 0 radical (unpaired) electrons. The summed E-state index contributed by atoms with van der Waals surface area (Å²) in [6, 6.07) is 13.8. The van der Waals surface area contributed by atoms with E-state index in [9.17, 15) is 0 Å². The van der Waals surface area contributed by atoms with E-state index in [1.807, 2.05) is 0 Å². The van der Waals surface area contributed by atoms with E-state index in [0.717, 1.165) is 0 Å². The second-order valence-corrected chi connectivity index (χ2v) is 5.97. The van der Waals surface area contributed by atoms with Gasteiger partial charge in [0.2, 0.25) is 0 Å². The third-order valence-electron chi connectivity index (χ3n) is 4.73. The number of hydrogen-bond donors (Lipinski definition) is 0. The molecule has 0 bridgehead atoms. The Labute approximate surface area is 109 Å². The highest BCUT2D eigenvalue weighted by Gasteiger charge is 2.30. The summed E-state index contributed by atoms with van der Waals surface area (Å²) in [7, 11) is 0. The molecule has 0 fully saturated rings. The van der Waals surface area contributed by atoms with Crippen LogP contribution in [0.2, 0.25) is 0 Å². The molecule has 2 aromatic rings. The van der Waals surface area contributed by atoms with Crippen LogP contribution < -0.4 is 0 Å². The van der Waals surface area contributed by atoms with Crippen LogP contribution in [0.1, 0.15) is 47.9 Å². The maximum atomic E-state index is 2.36. The van der Waals surface area contributed by atoms with Crippen LogP contribution in [0, 0.1) is 0 Å². The van der Waals surface area contributed by atoms with Crippen molar-refractivity contribution in [3.8, 4) is 11.1 Å². The predicted octanol–water partition coefficient (Wildman–Crippen LogP) is 4.67. The first kappa shape index (κ1) is 10.4. The van der Waals surface area contributed by atoms with Crippen LogP contribution in [0.5, 0.6) is 0 Å². The second kappa shape index (κ2) is 3.47. The summed E-state index contributed by atoms with van der Waals surface area (Å²) >= 11 is 0. The smallest absolute Gasteiger partial charge is 0.0111 e. The van der Waals surface area contributed by atoms with Crippen LogP contribution >= 0.6 is 0 Å². The molecule has 0 heterocycles. The van der Waals surface area contributed by atoms with E-state index in [-0.39, 0.29) is 0 Å². The first-order valence-corrected chi connectivity index (χ1v) is 6.99. The zero-order valence-electron chi connectivity index (χ0n) is 11.0. The normalized spacial score (nSPS) is 23.7. The Hall–Kier alpha value is -1.56. The van der Waals surface area contributed by atoms with Crippen molar-refractivity contribution < 1.29 is 0 Å². The fourth-order valence-electron chi connectivity index (χ4n) is 3.89. The van der Waals surface area contributed by atoms with Crippen molar-refractivity contribution in [2.24, 2.45) is 0 Å². The number of rotatable bonds is 0. The maximum absolute atomic E-state index is 2.36. The second-order valence-electron chi connectivity index (χ2n) is 5.97. The lowest BCUT2D eigenvalue weighted by molar-refractivity contribution is 0.704. The van der Waals surface area contributed by atoms with Crippen molar-refractivity contribution in [3.63, 3.8) is 0 Å². The molecule has 0 spiro atoms. The molecule has 2 atom stereocenters. The molecule has 0 saturated heterocycles. The van der Waals surface area contributed by atoms with Crippen molar-refractivity contribution in [3.05, 3.63) is 58.7 Å². The topological polar surface area (TPSA) is 0 Å². The SMILES string of the molecule is CC1Cc2cccc3c2-c2c(cccc21)CC3C. The van der Waals surface area contributed by atoms with Gasteiger partial charge in [0.25, 0.3) is 0 Å². The Morgan fingerprint density at radius 1 is 0.722 bits per heavy atom. The van der Waals surface area contributed by atoms with E-state index in [2.05, 4.69) is 50.2 Å². The minimum Gasteiger partial charge on any atom is -0.0617 e. The molecule has 0 nitrogen and oxygen atoms in total.